The molecule has 0 bridgehead atoms. The van der Waals surface area contributed by atoms with Gasteiger partial charge in [0.15, 0.2) is 16.6 Å². The number of carbonyl (C=O) groups is 1. The highest BCUT2D eigenvalue weighted by Crippen LogP contribution is 2.38. The van der Waals surface area contributed by atoms with E-state index < -0.39 is 0 Å². The molecule has 26 heavy (non-hydrogen) atoms. The number of benzene rings is 1. The molecule has 0 spiro atoms. The first-order valence-corrected chi connectivity index (χ1v) is 9.16. The number of hydrogen-bond acceptors (Lipinski definition) is 5. The molecule has 1 aromatic carbocycles. The summed E-state index contributed by atoms with van der Waals surface area (Å²) in [6.45, 7) is 0. The maximum Gasteiger partial charge on any atom is 0.277 e. The molecule has 1 aliphatic carbocycles. The Balaban J connectivity index is 1.95. The van der Waals surface area contributed by atoms with Gasteiger partial charge in [0.2, 0.25) is 5.75 Å². The van der Waals surface area contributed by atoms with E-state index in [1.54, 1.807) is 28.0 Å². The summed E-state index contributed by atoms with van der Waals surface area (Å²) in [7, 11) is 4.75. The maximum atomic E-state index is 13.0. The van der Waals surface area contributed by atoms with Crippen LogP contribution in [-0.2, 0) is 4.79 Å². The number of phenolic OH excluding ortho intramolecular Hbond substituents is 1. The van der Waals surface area contributed by atoms with E-state index in [1.165, 1.54) is 20.6 Å². The zero-order chi connectivity index (χ0) is 18.8. The summed E-state index contributed by atoms with van der Waals surface area (Å²) in [5.74, 6) is 0.435. The van der Waals surface area contributed by atoms with E-state index in [4.69, 9.17) is 21.7 Å². The first kappa shape index (κ1) is 18.5. The number of aromatic hydroxyl groups is 1. The van der Waals surface area contributed by atoms with E-state index >= 15 is 0 Å². The molecule has 1 saturated carbocycles. The van der Waals surface area contributed by atoms with Gasteiger partial charge in [-0.2, -0.15) is 0 Å². The summed E-state index contributed by atoms with van der Waals surface area (Å²) in [6.07, 6.45) is 7.22. The number of methoxy groups -OCH3 is 2. The van der Waals surface area contributed by atoms with Gasteiger partial charge in [-0.25, -0.2) is 0 Å². The number of thiocarbonyl (C=S) groups is 1. The number of carbonyl (C=O) groups excluding carboxylic acids is 1. The smallest absolute Gasteiger partial charge is 0.277 e. The van der Waals surface area contributed by atoms with E-state index in [0.29, 0.717) is 16.4 Å². The summed E-state index contributed by atoms with van der Waals surface area (Å²) < 4.78 is 10.4. The minimum absolute atomic E-state index is 0.0670. The number of rotatable bonds is 4. The topological polar surface area (TPSA) is 62.2 Å². The summed E-state index contributed by atoms with van der Waals surface area (Å²) in [4.78, 5) is 16.5. The van der Waals surface area contributed by atoms with Crippen molar-refractivity contribution in [2.45, 2.75) is 38.1 Å². The van der Waals surface area contributed by atoms with Gasteiger partial charge in [-0.05, 0) is 48.8 Å². The van der Waals surface area contributed by atoms with Crippen molar-refractivity contribution in [3.8, 4) is 17.2 Å². The van der Waals surface area contributed by atoms with Crippen molar-refractivity contribution in [2.75, 3.05) is 21.3 Å². The highest BCUT2D eigenvalue weighted by molar-refractivity contribution is 7.80. The molecule has 140 valence electrons. The first-order chi connectivity index (χ1) is 12.5. The van der Waals surface area contributed by atoms with Gasteiger partial charge in [-0.1, -0.05) is 19.3 Å². The lowest BCUT2D eigenvalue weighted by Crippen LogP contribution is -2.41. The van der Waals surface area contributed by atoms with Gasteiger partial charge >= 0.3 is 0 Å². The fourth-order valence-electron chi connectivity index (χ4n) is 3.59. The second-order valence-electron chi connectivity index (χ2n) is 6.61. The maximum absolute atomic E-state index is 13.0. The Hall–Kier alpha value is -2.28. The van der Waals surface area contributed by atoms with Crippen LogP contribution >= 0.6 is 12.2 Å². The van der Waals surface area contributed by atoms with Gasteiger partial charge in [-0.3, -0.25) is 9.69 Å². The second kappa shape index (κ2) is 7.53. The van der Waals surface area contributed by atoms with Gasteiger partial charge in [0.05, 0.1) is 14.2 Å². The van der Waals surface area contributed by atoms with Crippen LogP contribution in [0.1, 0.15) is 37.7 Å². The van der Waals surface area contributed by atoms with E-state index in [9.17, 15) is 9.90 Å². The van der Waals surface area contributed by atoms with Crippen molar-refractivity contribution in [3.63, 3.8) is 0 Å². The Kier molecular flexibility index (Phi) is 5.36. The predicted molar refractivity (Wildman–Crippen MR) is 103 cm³/mol. The molecule has 0 unspecified atom stereocenters. The Morgan fingerprint density at radius 1 is 1.15 bits per heavy atom. The van der Waals surface area contributed by atoms with Gasteiger partial charge in [0, 0.05) is 13.1 Å². The molecule has 1 saturated heterocycles. The molecule has 0 radical (unpaired) electrons. The van der Waals surface area contributed by atoms with Crippen LogP contribution in [0.25, 0.3) is 6.08 Å². The van der Waals surface area contributed by atoms with Crippen LogP contribution in [0.15, 0.2) is 17.8 Å². The van der Waals surface area contributed by atoms with E-state index in [0.717, 1.165) is 25.7 Å². The van der Waals surface area contributed by atoms with E-state index in [2.05, 4.69) is 0 Å². The van der Waals surface area contributed by atoms with Crippen molar-refractivity contribution in [1.82, 2.24) is 9.80 Å². The fraction of sp³-hybridized carbons (Fsp3) is 0.474. The molecule has 3 rings (SSSR count). The predicted octanol–water partition coefficient (Wildman–Crippen LogP) is 3.14. The number of amides is 1. The Bertz CT molecular complexity index is 731. The van der Waals surface area contributed by atoms with Gasteiger partial charge in [0.1, 0.15) is 5.70 Å². The number of likely N-dealkylation sites (N-methyl/N-ethyl adjacent to an activating group) is 1. The molecule has 1 amide bonds. The number of hydrogen-bond donors (Lipinski definition) is 1. The molecule has 1 aromatic rings. The Labute approximate surface area is 159 Å². The normalized spacial score (nSPS) is 20.2. The molecule has 1 N–H and O–H groups in total. The van der Waals surface area contributed by atoms with Crippen LogP contribution in [-0.4, -0.2) is 53.2 Å². The lowest BCUT2D eigenvalue weighted by molar-refractivity contribution is -0.124. The number of phenols is 1. The SMILES string of the molecule is COc1cc(C=C2C(=O)N(C3CCCCC3)C(=S)N2C)cc(OC)c1O. The average molecular weight is 376 g/mol. The molecule has 2 fully saturated rings. The van der Waals surface area contributed by atoms with Crippen molar-refractivity contribution in [1.29, 1.82) is 0 Å². The molecule has 1 heterocycles. The quantitative estimate of drug-likeness (QED) is 0.643. The molecule has 7 heteroatoms. The highest BCUT2D eigenvalue weighted by Gasteiger charge is 2.40. The molecule has 2 aliphatic rings. The lowest BCUT2D eigenvalue weighted by atomic mass is 9.94. The Morgan fingerprint density at radius 2 is 1.73 bits per heavy atom. The van der Waals surface area contributed by atoms with Crippen molar-refractivity contribution in [3.05, 3.63) is 23.4 Å². The average Bonchev–Trinajstić information content (AvgIpc) is 2.87. The van der Waals surface area contributed by atoms with E-state index in [1.807, 2.05) is 7.05 Å². The van der Waals surface area contributed by atoms with Crippen LogP contribution in [0.4, 0.5) is 0 Å². The number of ether oxygens (including phenoxy) is 2. The zero-order valence-corrected chi connectivity index (χ0v) is 16.1. The standard InChI is InChI=1S/C19H24N2O4S/c1-20-14(9-12-10-15(24-2)17(22)16(11-12)25-3)18(23)21(19(20)26)13-7-5-4-6-8-13/h9-11,13,22H,4-8H2,1-3H3. The summed E-state index contributed by atoms with van der Waals surface area (Å²) in [6, 6.07) is 3.51. The summed E-state index contributed by atoms with van der Waals surface area (Å²) in [5.41, 5.74) is 1.20. The first-order valence-electron chi connectivity index (χ1n) is 8.75. The molecular formula is C19H24N2O4S. The van der Waals surface area contributed by atoms with Gasteiger partial charge < -0.3 is 19.5 Å². The van der Waals surface area contributed by atoms with E-state index in [-0.39, 0.29) is 29.2 Å². The lowest BCUT2D eigenvalue weighted by Gasteiger charge is -2.30. The molecular weight excluding hydrogens is 352 g/mol. The minimum atomic E-state index is -0.0737. The van der Waals surface area contributed by atoms with Crippen LogP contribution in [0, 0.1) is 0 Å². The monoisotopic (exact) mass is 376 g/mol. The highest BCUT2D eigenvalue weighted by atomic mass is 32.1. The van der Waals surface area contributed by atoms with Crippen LogP contribution in [0.5, 0.6) is 17.2 Å². The minimum Gasteiger partial charge on any atom is -0.502 e. The van der Waals surface area contributed by atoms with Crippen LogP contribution < -0.4 is 9.47 Å². The van der Waals surface area contributed by atoms with Crippen molar-refractivity contribution >= 4 is 29.3 Å². The van der Waals surface area contributed by atoms with Crippen LogP contribution in [0.2, 0.25) is 0 Å². The molecule has 0 aromatic heterocycles. The third-order valence-corrected chi connectivity index (χ3v) is 5.51. The Morgan fingerprint density at radius 3 is 2.27 bits per heavy atom. The molecule has 1 aliphatic heterocycles. The van der Waals surface area contributed by atoms with Gasteiger partial charge in [-0.15, -0.1) is 0 Å². The van der Waals surface area contributed by atoms with Crippen LogP contribution in [0.3, 0.4) is 0 Å². The van der Waals surface area contributed by atoms with Crippen molar-refractivity contribution < 1.29 is 19.4 Å². The summed E-state index contributed by atoms with van der Waals surface area (Å²) >= 11 is 5.53. The number of nitrogens with zero attached hydrogens (tertiary/aromatic N) is 2. The molecule has 0 atom stereocenters. The zero-order valence-electron chi connectivity index (χ0n) is 15.3. The van der Waals surface area contributed by atoms with Gasteiger partial charge in [0.25, 0.3) is 5.91 Å². The molecule has 6 nitrogen and oxygen atoms in total. The largest absolute Gasteiger partial charge is 0.502 e. The third kappa shape index (κ3) is 3.23. The third-order valence-electron chi connectivity index (χ3n) is 5.04. The fourth-order valence-corrected chi connectivity index (χ4v) is 3.92. The summed E-state index contributed by atoms with van der Waals surface area (Å²) in [5, 5.41) is 10.6. The second-order valence-corrected chi connectivity index (χ2v) is 6.98. The van der Waals surface area contributed by atoms with Crippen molar-refractivity contribution in [2.24, 2.45) is 0 Å².